The lowest BCUT2D eigenvalue weighted by molar-refractivity contribution is 0.314. The Morgan fingerprint density at radius 1 is 1.28 bits per heavy atom. The second kappa shape index (κ2) is 4.58. The summed E-state index contributed by atoms with van der Waals surface area (Å²) in [5.74, 6) is 0. The van der Waals surface area contributed by atoms with Crippen LogP contribution in [0.1, 0.15) is 30.3 Å². The summed E-state index contributed by atoms with van der Waals surface area (Å²) in [5.41, 5.74) is 3.89. The van der Waals surface area contributed by atoms with Gasteiger partial charge in [0, 0.05) is 18.7 Å². The number of aromatic nitrogens is 2. The Hall–Kier alpha value is -1.61. The number of nitrogens with one attached hydrogen (secondary N) is 2. The maximum Gasteiger partial charge on any atom is 0.0926 e. The number of aryl methyl sites for hydroxylation is 1. The van der Waals surface area contributed by atoms with E-state index < -0.39 is 0 Å². The van der Waals surface area contributed by atoms with E-state index in [2.05, 4.69) is 52.5 Å². The smallest absolute Gasteiger partial charge is 0.0926 e. The first kappa shape index (κ1) is 11.5. The van der Waals surface area contributed by atoms with Crippen LogP contribution in [-0.2, 0) is 18.4 Å². The van der Waals surface area contributed by atoms with Crippen molar-refractivity contribution in [3.05, 3.63) is 53.6 Å². The molecule has 0 saturated heterocycles. The van der Waals surface area contributed by atoms with Crippen molar-refractivity contribution in [3.63, 3.8) is 0 Å². The molecule has 1 atom stereocenters. The molecular weight excluding hydrogens is 222 g/mol. The largest absolute Gasteiger partial charge is 0.348 e. The van der Waals surface area contributed by atoms with Gasteiger partial charge >= 0.3 is 0 Å². The van der Waals surface area contributed by atoms with Crippen molar-refractivity contribution in [2.75, 3.05) is 6.54 Å². The number of fused-ring (bicyclic) bond motifs is 1. The molecule has 0 saturated carbocycles. The minimum atomic E-state index is 0.00340. The van der Waals surface area contributed by atoms with E-state index >= 15 is 0 Å². The Balaban J connectivity index is 1.77. The Kier molecular flexibility index (Phi) is 2.92. The van der Waals surface area contributed by atoms with E-state index in [9.17, 15) is 0 Å². The molecule has 2 N–H and O–H groups in total. The van der Waals surface area contributed by atoms with Gasteiger partial charge in [-0.25, -0.2) is 4.98 Å². The van der Waals surface area contributed by atoms with E-state index in [-0.39, 0.29) is 5.54 Å². The summed E-state index contributed by atoms with van der Waals surface area (Å²) in [7, 11) is 0. The highest BCUT2D eigenvalue weighted by Crippen LogP contribution is 2.30. The van der Waals surface area contributed by atoms with Gasteiger partial charge in [-0.15, -0.1) is 0 Å². The molecule has 2 aromatic rings. The highest BCUT2D eigenvalue weighted by atomic mass is 15.1. The van der Waals surface area contributed by atoms with Crippen molar-refractivity contribution < 1.29 is 0 Å². The van der Waals surface area contributed by atoms with Gasteiger partial charge in [-0.05, 0) is 25.3 Å². The standard InChI is InChI=1S/C15H19N3/c1-15(9-7-12-5-3-2-4-6-12)14-13(8-10-18-15)16-11-17-14/h2-6,11,18H,7-10H2,1H3,(H,16,17). The minimum absolute atomic E-state index is 0.00340. The van der Waals surface area contributed by atoms with Gasteiger partial charge in [0.1, 0.15) is 0 Å². The van der Waals surface area contributed by atoms with Crippen LogP contribution >= 0.6 is 0 Å². The molecule has 0 amide bonds. The summed E-state index contributed by atoms with van der Waals surface area (Å²) >= 11 is 0. The van der Waals surface area contributed by atoms with Crippen molar-refractivity contribution in [3.8, 4) is 0 Å². The average Bonchev–Trinajstić information content (AvgIpc) is 2.88. The summed E-state index contributed by atoms with van der Waals surface area (Å²) in [5, 5.41) is 3.63. The quantitative estimate of drug-likeness (QED) is 0.866. The zero-order chi connectivity index (χ0) is 12.4. The first-order chi connectivity index (χ1) is 8.78. The fourth-order valence-electron chi connectivity index (χ4n) is 2.78. The molecule has 0 spiro atoms. The van der Waals surface area contributed by atoms with Crippen molar-refractivity contribution in [2.45, 2.75) is 31.7 Å². The molecule has 94 valence electrons. The van der Waals surface area contributed by atoms with Gasteiger partial charge in [0.15, 0.2) is 0 Å². The third-order valence-corrected chi connectivity index (χ3v) is 3.89. The lowest BCUT2D eigenvalue weighted by atomic mass is 9.86. The van der Waals surface area contributed by atoms with Crippen LogP contribution in [0.15, 0.2) is 36.7 Å². The Morgan fingerprint density at radius 2 is 2.11 bits per heavy atom. The molecule has 0 radical (unpaired) electrons. The topological polar surface area (TPSA) is 40.7 Å². The van der Waals surface area contributed by atoms with Gasteiger partial charge < -0.3 is 10.3 Å². The fourth-order valence-corrected chi connectivity index (χ4v) is 2.78. The van der Waals surface area contributed by atoms with E-state index in [1.54, 1.807) is 0 Å². The zero-order valence-electron chi connectivity index (χ0n) is 10.7. The van der Waals surface area contributed by atoms with Crippen LogP contribution in [0.4, 0.5) is 0 Å². The fraction of sp³-hybridized carbons (Fsp3) is 0.400. The van der Waals surface area contributed by atoms with Crippen molar-refractivity contribution in [1.82, 2.24) is 15.3 Å². The summed E-state index contributed by atoms with van der Waals surface area (Å²) in [6, 6.07) is 10.7. The van der Waals surface area contributed by atoms with Crippen LogP contribution in [0.2, 0.25) is 0 Å². The number of hydrogen-bond acceptors (Lipinski definition) is 2. The molecule has 0 fully saturated rings. The van der Waals surface area contributed by atoms with Gasteiger partial charge in [0.2, 0.25) is 0 Å². The molecule has 18 heavy (non-hydrogen) atoms. The predicted molar refractivity (Wildman–Crippen MR) is 72.4 cm³/mol. The highest BCUT2D eigenvalue weighted by molar-refractivity contribution is 5.25. The van der Waals surface area contributed by atoms with Crippen LogP contribution in [-0.4, -0.2) is 16.5 Å². The number of rotatable bonds is 3. The number of imidazole rings is 1. The lowest BCUT2D eigenvalue weighted by Gasteiger charge is -2.34. The monoisotopic (exact) mass is 241 g/mol. The molecule has 3 nitrogen and oxygen atoms in total. The molecule has 1 aliphatic heterocycles. The Labute approximate surface area is 108 Å². The van der Waals surface area contributed by atoms with Crippen molar-refractivity contribution >= 4 is 0 Å². The normalized spacial score (nSPS) is 22.7. The average molecular weight is 241 g/mol. The molecule has 3 rings (SSSR count). The van der Waals surface area contributed by atoms with Crippen LogP contribution in [0.5, 0.6) is 0 Å². The SMILES string of the molecule is CC1(CCc2ccccc2)NCCc2[nH]cnc21. The lowest BCUT2D eigenvalue weighted by Crippen LogP contribution is -2.45. The van der Waals surface area contributed by atoms with E-state index in [0.717, 1.165) is 25.8 Å². The predicted octanol–water partition coefficient (Wildman–Crippen LogP) is 2.40. The summed E-state index contributed by atoms with van der Waals surface area (Å²) in [6.07, 6.45) is 5.03. The van der Waals surface area contributed by atoms with Gasteiger partial charge in [0.05, 0.1) is 17.6 Å². The van der Waals surface area contributed by atoms with E-state index in [1.165, 1.54) is 17.0 Å². The highest BCUT2D eigenvalue weighted by Gasteiger charge is 2.33. The molecule has 1 aromatic heterocycles. The molecule has 0 bridgehead atoms. The number of benzene rings is 1. The van der Waals surface area contributed by atoms with Gasteiger partial charge in [0.25, 0.3) is 0 Å². The molecular formula is C15H19N3. The Morgan fingerprint density at radius 3 is 2.94 bits per heavy atom. The van der Waals surface area contributed by atoms with E-state index in [1.807, 2.05) is 6.33 Å². The number of H-pyrrole nitrogens is 1. The van der Waals surface area contributed by atoms with E-state index in [4.69, 9.17) is 0 Å². The molecule has 1 unspecified atom stereocenters. The minimum Gasteiger partial charge on any atom is -0.348 e. The second-order valence-electron chi connectivity index (χ2n) is 5.22. The first-order valence-corrected chi connectivity index (χ1v) is 6.60. The van der Waals surface area contributed by atoms with Gasteiger partial charge in [-0.3, -0.25) is 0 Å². The summed E-state index contributed by atoms with van der Waals surface area (Å²) in [4.78, 5) is 7.76. The molecule has 3 heteroatoms. The maximum absolute atomic E-state index is 4.50. The van der Waals surface area contributed by atoms with Crippen LogP contribution < -0.4 is 5.32 Å². The molecule has 0 aliphatic carbocycles. The molecule has 2 heterocycles. The van der Waals surface area contributed by atoms with Gasteiger partial charge in [-0.2, -0.15) is 0 Å². The van der Waals surface area contributed by atoms with Gasteiger partial charge in [-0.1, -0.05) is 30.3 Å². The summed E-state index contributed by atoms with van der Waals surface area (Å²) in [6.45, 7) is 3.29. The number of nitrogens with zero attached hydrogens (tertiary/aromatic N) is 1. The number of aromatic amines is 1. The van der Waals surface area contributed by atoms with Crippen molar-refractivity contribution in [2.24, 2.45) is 0 Å². The third kappa shape index (κ3) is 2.06. The zero-order valence-corrected chi connectivity index (χ0v) is 10.7. The maximum atomic E-state index is 4.50. The van der Waals surface area contributed by atoms with Crippen LogP contribution in [0.25, 0.3) is 0 Å². The van der Waals surface area contributed by atoms with Crippen molar-refractivity contribution in [1.29, 1.82) is 0 Å². The molecule has 1 aliphatic rings. The van der Waals surface area contributed by atoms with Crippen LogP contribution in [0, 0.1) is 0 Å². The second-order valence-corrected chi connectivity index (χ2v) is 5.22. The summed E-state index contributed by atoms with van der Waals surface area (Å²) < 4.78 is 0. The third-order valence-electron chi connectivity index (χ3n) is 3.89. The number of hydrogen-bond donors (Lipinski definition) is 2. The Bertz CT molecular complexity index is 518. The first-order valence-electron chi connectivity index (χ1n) is 6.60. The van der Waals surface area contributed by atoms with E-state index in [0.29, 0.717) is 0 Å². The molecule has 1 aromatic carbocycles. The van der Waals surface area contributed by atoms with Crippen LogP contribution in [0.3, 0.4) is 0 Å².